The summed E-state index contributed by atoms with van der Waals surface area (Å²) in [5, 5.41) is 15.3. The van der Waals surface area contributed by atoms with Crippen molar-refractivity contribution in [3.63, 3.8) is 0 Å². The van der Waals surface area contributed by atoms with E-state index in [-0.39, 0.29) is 5.91 Å². The van der Waals surface area contributed by atoms with Crippen molar-refractivity contribution in [2.75, 3.05) is 5.32 Å². The van der Waals surface area contributed by atoms with Crippen molar-refractivity contribution in [1.82, 2.24) is 10.2 Å². The number of carbonyl (C=O) groups is 1. The lowest BCUT2D eigenvalue weighted by molar-refractivity contribution is 0.103. The predicted octanol–water partition coefficient (Wildman–Crippen LogP) is 4.21. The molecule has 0 saturated heterocycles. The molecule has 0 aliphatic rings. The monoisotopic (exact) mass is 339 g/mol. The number of rotatable bonds is 5. The fraction of sp³-hybridized carbons (Fsp3) is 0.0833. The standard InChI is InChI=1S/C12H9N3OS4/c16-10(9-4-2-6-18-9)13-11-14-15-12(20-11)19-7-8-3-1-5-17-8/h1-6H,7H2,(H,13,14,16). The van der Waals surface area contributed by atoms with Gasteiger partial charge < -0.3 is 0 Å². The third-order valence-electron chi connectivity index (χ3n) is 2.29. The number of carbonyl (C=O) groups excluding carboxylic acids is 1. The first kappa shape index (κ1) is 13.7. The zero-order chi connectivity index (χ0) is 13.8. The highest BCUT2D eigenvalue weighted by molar-refractivity contribution is 8.00. The van der Waals surface area contributed by atoms with Crippen LogP contribution in [0.15, 0.2) is 39.4 Å². The first-order valence-electron chi connectivity index (χ1n) is 5.65. The van der Waals surface area contributed by atoms with Gasteiger partial charge >= 0.3 is 0 Å². The van der Waals surface area contributed by atoms with Crippen LogP contribution in [0.5, 0.6) is 0 Å². The van der Waals surface area contributed by atoms with Gasteiger partial charge in [0.05, 0.1) is 4.88 Å². The number of nitrogens with one attached hydrogen (secondary N) is 1. The second-order valence-electron chi connectivity index (χ2n) is 3.67. The van der Waals surface area contributed by atoms with Crippen LogP contribution in [0, 0.1) is 0 Å². The minimum Gasteiger partial charge on any atom is -0.296 e. The van der Waals surface area contributed by atoms with E-state index in [0.717, 1.165) is 10.1 Å². The number of aromatic nitrogens is 2. The molecule has 3 aromatic heterocycles. The molecule has 0 aromatic carbocycles. The molecule has 1 amide bonds. The molecule has 0 fully saturated rings. The average molecular weight is 339 g/mol. The summed E-state index contributed by atoms with van der Waals surface area (Å²) in [5.41, 5.74) is 0. The minimum atomic E-state index is -0.133. The van der Waals surface area contributed by atoms with E-state index < -0.39 is 0 Å². The summed E-state index contributed by atoms with van der Waals surface area (Å²) < 4.78 is 0.861. The second-order valence-corrected chi connectivity index (χ2v) is 7.85. The Labute approximate surface area is 131 Å². The van der Waals surface area contributed by atoms with Crippen LogP contribution in [0.1, 0.15) is 14.5 Å². The molecule has 102 valence electrons. The molecule has 0 aliphatic carbocycles. The molecule has 0 aliphatic heterocycles. The highest BCUT2D eigenvalue weighted by atomic mass is 32.2. The quantitative estimate of drug-likeness (QED) is 0.559. The lowest BCUT2D eigenvalue weighted by atomic mass is 10.4. The largest absolute Gasteiger partial charge is 0.296 e. The van der Waals surface area contributed by atoms with Crippen LogP contribution in [-0.2, 0) is 5.75 Å². The Bertz CT molecular complexity index is 675. The molecule has 3 rings (SSSR count). The number of thioether (sulfide) groups is 1. The molecule has 0 bridgehead atoms. The van der Waals surface area contributed by atoms with E-state index in [0.29, 0.717) is 10.0 Å². The number of nitrogens with zero attached hydrogens (tertiary/aromatic N) is 2. The molecular formula is C12H9N3OS4. The van der Waals surface area contributed by atoms with Crippen molar-refractivity contribution in [3.05, 3.63) is 44.8 Å². The van der Waals surface area contributed by atoms with Crippen LogP contribution in [0.25, 0.3) is 0 Å². The summed E-state index contributed by atoms with van der Waals surface area (Å²) >= 11 is 6.16. The lowest BCUT2D eigenvalue weighted by Gasteiger charge is -1.96. The molecule has 3 heterocycles. The number of thiophene rings is 2. The third kappa shape index (κ3) is 3.45. The number of amides is 1. The summed E-state index contributed by atoms with van der Waals surface area (Å²) in [6.45, 7) is 0. The Hall–Kier alpha value is -1.22. The van der Waals surface area contributed by atoms with E-state index in [1.165, 1.54) is 27.6 Å². The summed E-state index contributed by atoms with van der Waals surface area (Å²) in [7, 11) is 0. The molecule has 0 unspecified atom stereocenters. The number of anilines is 1. The molecule has 4 nitrogen and oxygen atoms in total. The van der Waals surface area contributed by atoms with Crippen molar-refractivity contribution in [1.29, 1.82) is 0 Å². The number of hydrogen-bond donors (Lipinski definition) is 1. The van der Waals surface area contributed by atoms with Crippen molar-refractivity contribution in [2.24, 2.45) is 0 Å². The van der Waals surface area contributed by atoms with Gasteiger partial charge in [-0.05, 0) is 22.9 Å². The summed E-state index contributed by atoms with van der Waals surface area (Å²) in [5.74, 6) is 0.747. The normalized spacial score (nSPS) is 10.6. The second kappa shape index (κ2) is 6.49. The van der Waals surface area contributed by atoms with Crippen LogP contribution in [0.3, 0.4) is 0 Å². The fourth-order valence-corrected chi connectivity index (χ4v) is 4.55. The lowest BCUT2D eigenvalue weighted by Crippen LogP contribution is -2.09. The highest BCUT2D eigenvalue weighted by Gasteiger charge is 2.11. The van der Waals surface area contributed by atoms with Gasteiger partial charge in [0.1, 0.15) is 0 Å². The molecule has 3 aromatic rings. The predicted molar refractivity (Wildman–Crippen MR) is 86.1 cm³/mol. The highest BCUT2D eigenvalue weighted by Crippen LogP contribution is 2.29. The van der Waals surface area contributed by atoms with Crippen molar-refractivity contribution in [2.45, 2.75) is 10.1 Å². The topological polar surface area (TPSA) is 54.9 Å². The zero-order valence-corrected chi connectivity index (χ0v) is 13.4. The average Bonchev–Trinajstić information content (AvgIpc) is 3.19. The van der Waals surface area contributed by atoms with E-state index in [2.05, 4.69) is 27.0 Å². The number of hydrogen-bond acceptors (Lipinski definition) is 7. The van der Waals surface area contributed by atoms with Gasteiger partial charge in [-0.3, -0.25) is 10.1 Å². The Kier molecular flexibility index (Phi) is 4.46. The van der Waals surface area contributed by atoms with E-state index in [1.807, 2.05) is 17.5 Å². The molecule has 0 atom stereocenters. The fourth-order valence-electron chi connectivity index (χ4n) is 1.41. The van der Waals surface area contributed by atoms with Crippen LogP contribution >= 0.6 is 45.8 Å². The summed E-state index contributed by atoms with van der Waals surface area (Å²) in [6, 6.07) is 7.76. The van der Waals surface area contributed by atoms with Gasteiger partial charge in [-0.1, -0.05) is 35.2 Å². The van der Waals surface area contributed by atoms with Gasteiger partial charge in [-0.25, -0.2) is 0 Å². The zero-order valence-electron chi connectivity index (χ0n) is 10.1. The van der Waals surface area contributed by atoms with Crippen LogP contribution in [0.2, 0.25) is 0 Å². The minimum absolute atomic E-state index is 0.133. The molecule has 1 N–H and O–H groups in total. The van der Waals surface area contributed by atoms with E-state index >= 15 is 0 Å². The van der Waals surface area contributed by atoms with E-state index in [1.54, 1.807) is 29.2 Å². The van der Waals surface area contributed by atoms with Gasteiger partial charge in [0.15, 0.2) is 4.34 Å². The maximum absolute atomic E-state index is 11.9. The molecule has 0 saturated carbocycles. The van der Waals surface area contributed by atoms with Gasteiger partial charge in [0.2, 0.25) is 5.13 Å². The first-order valence-corrected chi connectivity index (χ1v) is 9.21. The molecule has 20 heavy (non-hydrogen) atoms. The Morgan fingerprint density at radius 3 is 2.80 bits per heavy atom. The van der Waals surface area contributed by atoms with Crippen LogP contribution in [-0.4, -0.2) is 16.1 Å². The summed E-state index contributed by atoms with van der Waals surface area (Å²) in [4.78, 5) is 13.8. The Morgan fingerprint density at radius 2 is 2.05 bits per heavy atom. The van der Waals surface area contributed by atoms with E-state index in [4.69, 9.17) is 0 Å². The van der Waals surface area contributed by atoms with Gasteiger partial charge in [0, 0.05) is 10.6 Å². The molecule has 0 spiro atoms. The SMILES string of the molecule is O=C(Nc1nnc(SCc2cccs2)s1)c1cccs1. The van der Waals surface area contributed by atoms with Crippen molar-refractivity contribution < 1.29 is 4.79 Å². The summed E-state index contributed by atoms with van der Waals surface area (Å²) in [6.07, 6.45) is 0. The van der Waals surface area contributed by atoms with Crippen LogP contribution < -0.4 is 5.32 Å². The smallest absolute Gasteiger partial charge is 0.267 e. The van der Waals surface area contributed by atoms with Gasteiger partial charge in [-0.15, -0.1) is 32.9 Å². The first-order chi connectivity index (χ1) is 9.81. The van der Waals surface area contributed by atoms with Gasteiger partial charge in [-0.2, -0.15) is 0 Å². The maximum atomic E-state index is 11.9. The third-order valence-corrected chi connectivity index (χ3v) is 6.24. The maximum Gasteiger partial charge on any atom is 0.267 e. The molecule has 0 radical (unpaired) electrons. The van der Waals surface area contributed by atoms with Crippen molar-refractivity contribution in [3.8, 4) is 0 Å². The van der Waals surface area contributed by atoms with Gasteiger partial charge in [0.25, 0.3) is 5.91 Å². The molecule has 8 heteroatoms. The van der Waals surface area contributed by atoms with E-state index in [9.17, 15) is 4.79 Å². The molecular weight excluding hydrogens is 330 g/mol. The van der Waals surface area contributed by atoms with Crippen LogP contribution in [0.4, 0.5) is 5.13 Å². The van der Waals surface area contributed by atoms with Crippen molar-refractivity contribution >= 4 is 56.8 Å². The Balaban J connectivity index is 1.58. The Morgan fingerprint density at radius 1 is 1.20 bits per heavy atom.